The summed E-state index contributed by atoms with van der Waals surface area (Å²) in [5.74, 6) is 0. The summed E-state index contributed by atoms with van der Waals surface area (Å²) in [6.07, 6.45) is 4.37. The van der Waals surface area contributed by atoms with Crippen LogP contribution in [0.25, 0.3) is 0 Å². The summed E-state index contributed by atoms with van der Waals surface area (Å²) in [5, 5.41) is 0. The van der Waals surface area contributed by atoms with Crippen molar-refractivity contribution >= 4 is 20.0 Å². The molecule has 152 valence electrons. The number of sulfonamides is 2. The summed E-state index contributed by atoms with van der Waals surface area (Å²) < 4.78 is 60.4. The summed E-state index contributed by atoms with van der Waals surface area (Å²) >= 11 is 0. The first-order chi connectivity index (χ1) is 12.7. The number of nitrogens with zero attached hydrogens (tertiary/aromatic N) is 1. The average molecular weight is 417 g/mol. The molecule has 0 unspecified atom stereocenters. The van der Waals surface area contributed by atoms with Crippen molar-refractivity contribution in [3.8, 4) is 0 Å². The van der Waals surface area contributed by atoms with Gasteiger partial charge in [-0.2, -0.15) is 4.31 Å². The van der Waals surface area contributed by atoms with Gasteiger partial charge in [-0.3, -0.25) is 0 Å². The van der Waals surface area contributed by atoms with E-state index in [-0.39, 0.29) is 34.5 Å². The first kappa shape index (κ1) is 20.7. The summed E-state index contributed by atoms with van der Waals surface area (Å²) in [7, 11) is -7.34. The Morgan fingerprint density at radius 1 is 0.963 bits per heavy atom. The lowest BCUT2D eigenvalue weighted by molar-refractivity contribution is 0.114. The summed E-state index contributed by atoms with van der Waals surface area (Å²) in [6.45, 7) is 4.72. The largest absolute Gasteiger partial charge is 0.377 e. The first-order valence-electron chi connectivity index (χ1n) is 9.47. The third-order valence-corrected chi connectivity index (χ3v) is 8.93. The fourth-order valence-corrected chi connectivity index (χ4v) is 6.82. The van der Waals surface area contributed by atoms with E-state index in [0.717, 1.165) is 32.1 Å². The summed E-state index contributed by atoms with van der Waals surface area (Å²) in [6, 6.07) is 5.34. The number of ether oxygens (including phenoxy) is 1. The highest BCUT2D eigenvalue weighted by molar-refractivity contribution is 7.89. The second-order valence-corrected chi connectivity index (χ2v) is 11.0. The lowest BCUT2D eigenvalue weighted by Crippen LogP contribution is -2.47. The van der Waals surface area contributed by atoms with E-state index in [1.54, 1.807) is 4.31 Å². The number of nitrogens with one attached hydrogen (secondary N) is 1. The van der Waals surface area contributed by atoms with Crippen LogP contribution in [-0.2, 0) is 24.8 Å². The Kier molecular flexibility index (Phi) is 6.27. The highest BCUT2D eigenvalue weighted by atomic mass is 32.2. The Labute approximate surface area is 162 Å². The van der Waals surface area contributed by atoms with E-state index in [1.807, 2.05) is 13.8 Å². The van der Waals surface area contributed by atoms with Crippen molar-refractivity contribution in [3.05, 3.63) is 24.3 Å². The molecule has 2 aliphatic heterocycles. The monoisotopic (exact) mass is 416 g/mol. The second kappa shape index (κ2) is 8.16. The van der Waals surface area contributed by atoms with Gasteiger partial charge >= 0.3 is 0 Å². The quantitative estimate of drug-likeness (QED) is 0.767. The molecule has 0 aliphatic carbocycles. The van der Waals surface area contributed by atoms with Crippen molar-refractivity contribution in [2.75, 3.05) is 13.2 Å². The van der Waals surface area contributed by atoms with Gasteiger partial charge in [0.1, 0.15) is 0 Å². The molecule has 2 heterocycles. The van der Waals surface area contributed by atoms with Gasteiger partial charge in [0.15, 0.2) is 0 Å². The number of rotatable bonds is 6. The van der Waals surface area contributed by atoms with Crippen molar-refractivity contribution in [1.29, 1.82) is 0 Å². The van der Waals surface area contributed by atoms with E-state index in [0.29, 0.717) is 6.61 Å². The molecule has 0 aromatic heterocycles. The number of benzene rings is 1. The van der Waals surface area contributed by atoms with E-state index < -0.39 is 20.0 Å². The minimum absolute atomic E-state index is 0.0548. The van der Waals surface area contributed by atoms with Gasteiger partial charge in [-0.25, -0.2) is 21.6 Å². The fraction of sp³-hybridized carbons (Fsp3) is 0.667. The van der Waals surface area contributed by atoms with Gasteiger partial charge in [0.05, 0.1) is 15.9 Å². The van der Waals surface area contributed by atoms with Crippen LogP contribution >= 0.6 is 0 Å². The lowest BCUT2D eigenvalue weighted by Gasteiger charge is -2.37. The molecular formula is C18H28N2O5S2. The predicted molar refractivity (Wildman–Crippen MR) is 102 cm³/mol. The maximum atomic E-state index is 13.0. The maximum absolute atomic E-state index is 13.0. The predicted octanol–water partition coefficient (Wildman–Crippen LogP) is 2.10. The van der Waals surface area contributed by atoms with Crippen molar-refractivity contribution in [2.45, 2.75) is 73.9 Å². The van der Waals surface area contributed by atoms with Crippen molar-refractivity contribution in [3.63, 3.8) is 0 Å². The Hall–Kier alpha value is -1.00. The molecule has 0 spiro atoms. The van der Waals surface area contributed by atoms with Crippen LogP contribution in [0.15, 0.2) is 34.1 Å². The molecule has 2 aliphatic rings. The van der Waals surface area contributed by atoms with Crippen LogP contribution in [0.2, 0.25) is 0 Å². The van der Waals surface area contributed by atoms with Crippen LogP contribution in [0, 0.1) is 0 Å². The van der Waals surface area contributed by atoms with E-state index in [1.165, 1.54) is 24.3 Å². The Morgan fingerprint density at radius 2 is 1.56 bits per heavy atom. The van der Waals surface area contributed by atoms with E-state index in [2.05, 4.69) is 4.72 Å². The standard InChI is InChI=1S/C18H28N2O5S2/c1-14-5-3-6-15(2)20(14)27(23,24)18-10-8-17(9-11-18)26(21,22)19-13-16-7-4-12-25-16/h8-11,14-16,19H,3-7,12-13H2,1-2H3/t14-,15-,16-/m0/s1. The fourth-order valence-electron chi connectivity index (χ4n) is 3.88. The van der Waals surface area contributed by atoms with Gasteiger partial charge in [0, 0.05) is 25.2 Å². The van der Waals surface area contributed by atoms with Crippen LogP contribution in [0.4, 0.5) is 0 Å². The number of piperidine rings is 1. The lowest BCUT2D eigenvalue weighted by atomic mass is 10.0. The highest BCUT2D eigenvalue weighted by Gasteiger charge is 2.35. The molecule has 1 aromatic rings. The van der Waals surface area contributed by atoms with Gasteiger partial charge in [-0.05, 0) is 63.8 Å². The molecule has 1 N–H and O–H groups in total. The van der Waals surface area contributed by atoms with Crippen LogP contribution in [0.5, 0.6) is 0 Å². The first-order valence-corrected chi connectivity index (χ1v) is 12.4. The second-order valence-electron chi connectivity index (χ2n) is 7.42. The van der Waals surface area contributed by atoms with Gasteiger partial charge in [-0.1, -0.05) is 6.42 Å². The molecule has 27 heavy (non-hydrogen) atoms. The smallest absolute Gasteiger partial charge is 0.243 e. The zero-order valence-electron chi connectivity index (χ0n) is 15.8. The zero-order chi connectivity index (χ0) is 19.7. The van der Waals surface area contributed by atoms with Crippen LogP contribution in [0.3, 0.4) is 0 Å². The molecule has 0 radical (unpaired) electrons. The van der Waals surface area contributed by atoms with Gasteiger partial charge in [0.25, 0.3) is 0 Å². The van der Waals surface area contributed by atoms with Gasteiger partial charge in [0.2, 0.25) is 20.0 Å². The van der Waals surface area contributed by atoms with Crippen LogP contribution in [0.1, 0.15) is 46.0 Å². The zero-order valence-corrected chi connectivity index (χ0v) is 17.4. The highest BCUT2D eigenvalue weighted by Crippen LogP contribution is 2.29. The molecule has 1 aromatic carbocycles. The SMILES string of the molecule is C[C@H]1CCC[C@H](C)N1S(=O)(=O)c1ccc(S(=O)(=O)NC[C@@H]2CCCO2)cc1. The Balaban J connectivity index is 1.75. The Morgan fingerprint density at radius 3 is 2.11 bits per heavy atom. The van der Waals surface area contributed by atoms with Crippen LogP contribution < -0.4 is 4.72 Å². The van der Waals surface area contributed by atoms with Crippen molar-refractivity contribution in [2.24, 2.45) is 0 Å². The number of hydrogen-bond donors (Lipinski definition) is 1. The van der Waals surface area contributed by atoms with Gasteiger partial charge < -0.3 is 4.74 Å². The molecule has 3 atom stereocenters. The normalized spacial score (nSPS) is 27.7. The molecular weight excluding hydrogens is 388 g/mol. The minimum atomic E-state index is -3.69. The molecule has 0 bridgehead atoms. The number of hydrogen-bond acceptors (Lipinski definition) is 5. The van der Waals surface area contributed by atoms with E-state index in [9.17, 15) is 16.8 Å². The molecule has 7 nitrogen and oxygen atoms in total. The molecule has 2 saturated heterocycles. The third-order valence-electron chi connectivity index (χ3n) is 5.35. The van der Waals surface area contributed by atoms with Gasteiger partial charge in [-0.15, -0.1) is 0 Å². The van der Waals surface area contributed by atoms with Crippen molar-refractivity contribution < 1.29 is 21.6 Å². The maximum Gasteiger partial charge on any atom is 0.243 e. The summed E-state index contributed by atoms with van der Waals surface area (Å²) in [5.41, 5.74) is 0. The van der Waals surface area contributed by atoms with Crippen LogP contribution in [-0.4, -0.2) is 52.5 Å². The molecule has 0 saturated carbocycles. The topological polar surface area (TPSA) is 92.8 Å². The molecule has 3 rings (SSSR count). The third kappa shape index (κ3) is 4.54. The molecule has 9 heteroatoms. The van der Waals surface area contributed by atoms with E-state index >= 15 is 0 Å². The van der Waals surface area contributed by atoms with Crippen molar-refractivity contribution in [1.82, 2.24) is 9.03 Å². The summed E-state index contributed by atoms with van der Waals surface area (Å²) in [4.78, 5) is 0.181. The minimum Gasteiger partial charge on any atom is -0.377 e. The van der Waals surface area contributed by atoms with E-state index in [4.69, 9.17) is 4.74 Å². The Bertz CT molecular complexity index is 836. The average Bonchev–Trinajstić information content (AvgIpc) is 3.13. The molecule has 0 amide bonds. The molecule has 2 fully saturated rings.